The first-order valence-corrected chi connectivity index (χ1v) is 19.2. The van der Waals surface area contributed by atoms with E-state index in [1.807, 2.05) is 12.1 Å². The Labute approximate surface area is 321 Å². The number of carbonyl (C=O) groups is 4. The highest BCUT2D eigenvalue weighted by atomic mass is 19.1. The monoisotopic (exact) mass is 763 g/mol. The number of hydrogen-bond acceptors (Lipinski definition) is 11. The lowest BCUT2D eigenvalue weighted by molar-refractivity contribution is -0.136. The number of aromatic nitrogens is 2. The van der Waals surface area contributed by atoms with Crippen LogP contribution in [-0.2, 0) is 9.59 Å². The van der Waals surface area contributed by atoms with Gasteiger partial charge in [0.05, 0.1) is 36.6 Å². The quantitative estimate of drug-likeness (QED) is 0.252. The smallest absolute Gasteiger partial charge is 0.262 e. The van der Waals surface area contributed by atoms with Crippen LogP contribution in [0.1, 0.15) is 59.2 Å². The van der Waals surface area contributed by atoms with E-state index in [4.69, 9.17) is 14.5 Å². The molecule has 0 radical (unpaired) electrons. The van der Waals surface area contributed by atoms with Crippen LogP contribution in [0.5, 0.6) is 11.5 Å². The van der Waals surface area contributed by atoms with Gasteiger partial charge in [0.15, 0.2) is 0 Å². The number of aromatic amines is 1. The average molecular weight is 764 g/mol. The zero-order valence-electron chi connectivity index (χ0n) is 31.2. The third-order valence-corrected chi connectivity index (χ3v) is 12.3. The molecular formula is C41H42FN7O7. The molecule has 14 nitrogen and oxygen atoms in total. The van der Waals surface area contributed by atoms with Gasteiger partial charge in [-0.05, 0) is 74.4 Å². The summed E-state index contributed by atoms with van der Waals surface area (Å²) in [5, 5.41) is 2.57. The molecule has 56 heavy (non-hydrogen) atoms. The van der Waals surface area contributed by atoms with Crippen LogP contribution in [0.3, 0.4) is 0 Å². The number of carbonyl (C=O) groups excluding carboxylic acids is 4. The third kappa shape index (κ3) is 6.14. The van der Waals surface area contributed by atoms with Crippen LogP contribution >= 0.6 is 0 Å². The molecule has 3 aromatic carbocycles. The molecule has 6 aliphatic heterocycles. The summed E-state index contributed by atoms with van der Waals surface area (Å²) in [7, 11) is 3.07. The normalized spacial score (nSPS) is 22.9. The second-order valence-electron chi connectivity index (χ2n) is 15.4. The number of ether oxygens (including phenoxy) is 2. The predicted octanol–water partition coefficient (Wildman–Crippen LogP) is 3.72. The van der Waals surface area contributed by atoms with E-state index < -0.39 is 35.5 Å². The maximum absolute atomic E-state index is 15.7. The van der Waals surface area contributed by atoms with E-state index in [0.717, 1.165) is 74.1 Å². The molecule has 2 N–H and O–H groups in total. The summed E-state index contributed by atoms with van der Waals surface area (Å²) in [6.07, 6.45) is 4.08. The molecule has 4 amide bonds. The van der Waals surface area contributed by atoms with E-state index in [-0.39, 0.29) is 41.6 Å². The number of halogens is 1. The first-order chi connectivity index (χ1) is 27.1. The molecule has 4 aromatic rings. The van der Waals surface area contributed by atoms with Gasteiger partial charge in [0.2, 0.25) is 11.8 Å². The Morgan fingerprint density at radius 2 is 1.57 bits per heavy atom. The molecule has 3 atom stereocenters. The summed E-state index contributed by atoms with van der Waals surface area (Å²) in [5.74, 6) is -1.08. The number of hydrogen-bond donors (Lipinski definition) is 2. The molecule has 5 saturated heterocycles. The number of methoxy groups -OCH3 is 2. The van der Waals surface area contributed by atoms with Gasteiger partial charge in [-0.3, -0.25) is 39.1 Å². The molecule has 0 spiro atoms. The molecule has 6 aliphatic rings. The molecule has 0 saturated carbocycles. The fourth-order valence-corrected chi connectivity index (χ4v) is 9.30. The summed E-state index contributed by atoms with van der Waals surface area (Å²) in [6.45, 7) is 4.24. The number of nitrogens with one attached hydrogen (secondary N) is 2. The van der Waals surface area contributed by atoms with Gasteiger partial charge in [-0.15, -0.1) is 0 Å². The number of imide groups is 2. The van der Waals surface area contributed by atoms with Crippen LogP contribution in [0.4, 0.5) is 15.8 Å². The molecule has 1 aromatic heterocycles. The Hall–Kier alpha value is -5.83. The minimum atomic E-state index is -1.10. The van der Waals surface area contributed by atoms with Crippen LogP contribution in [0, 0.1) is 11.7 Å². The number of H-pyrrole nitrogens is 1. The summed E-state index contributed by atoms with van der Waals surface area (Å²) < 4.78 is 26.5. The SMILES string of the molecule is COc1cc(OC)c2c(=O)[nH]c(-c3ccc(N4CCC(CN5CC6CCC5CN6c5cc6c(cc5F)C(=O)N(C5CCC(=O)NC5=O)C6=O)CC4)cc3)nc2c1. The largest absolute Gasteiger partial charge is 0.497 e. The first kappa shape index (κ1) is 35.8. The summed E-state index contributed by atoms with van der Waals surface area (Å²) in [4.78, 5) is 79.3. The van der Waals surface area contributed by atoms with E-state index in [1.54, 1.807) is 19.2 Å². The highest BCUT2D eigenvalue weighted by Gasteiger charge is 2.47. The third-order valence-electron chi connectivity index (χ3n) is 12.3. The molecule has 0 aliphatic carbocycles. The maximum Gasteiger partial charge on any atom is 0.262 e. The molecular weight excluding hydrogens is 721 g/mol. The van der Waals surface area contributed by atoms with Crippen molar-refractivity contribution in [3.8, 4) is 22.9 Å². The number of piperazine rings is 1. The van der Waals surface area contributed by atoms with Crippen molar-refractivity contribution in [2.75, 3.05) is 56.7 Å². The summed E-state index contributed by atoms with van der Waals surface area (Å²) >= 11 is 0. The Kier molecular flexibility index (Phi) is 8.98. The number of piperidine rings is 4. The average Bonchev–Trinajstić information content (AvgIpc) is 3.44. The number of benzene rings is 3. The highest BCUT2D eigenvalue weighted by Crippen LogP contribution is 2.39. The van der Waals surface area contributed by atoms with Crippen LogP contribution in [0.15, 0.2) is 53.3 Å². The fraction of sp³-hybridized carbons (Fsp3) is 0.415. The van der Waals surface area contributed by atoms with Gasteiger partial charge in [0, 0.05) is 74.6 Å². The second kappa shape index (κ2) is 14.0. The van der Waals surface area contributed by atoms with Gasteiger partial charge in [0.1, 0.15) is 34.6 Å². The van der Waals surface area contributed by atoms with Crippen molar-refractivity contribution in [1.29, 1.82) is 0 Å². The highest BCUT2D eigenvalue weighted by molar-refractivity contribution is 6.23. The number of fused-ring (bicyclic) bond motifs is 5. The van der Waals surface area contributed by atoms with E-state index in [9.17, 15) is 24.0 Å². The molecule has 5 fully saturated rings. The predicted molar refractivity (Wildman–Crippen MR) is 205 cm³/mol. The van der Waals surface area contributed by atoms with E-state index >= 15 is 4.39 Å². The lowest BCUT2D eigenvalue weighted by atomic mass is 9.87. The van der Waals surface area contributed by atoms with Crippen molar-refractivity contribution >= 4 is 45.9 Å². The Morgan fingerprint density at radius 3 is 2.25 bits per heavy atom. The Bertz CT molecular complexity index is 2340. The van der Waals surface area contributed by atoms with Gasteiger partial charge in [-0.2, -0.15) is 0 Å². The number of rotatable bonds is 8. The lowest BCUT2D eigenvalue weighted by Gasteiger charge is -2.53. The molecule has 7 heterocycles. The molecule has 3 unspecified atom stereocenters. The standard InChI is InChI=1S/C41H42FN7O7/c1-55-27-15-31-36(34(16-27)56-2)39(52)45-37(43-31)23-3-5-24(6-4-23)46-13-11-22(12-14-46)19-47-20-26-8-7-25(47)21-48(26)33-18-29-28(17-30(33)42)40(53)49(41(29)54)32-9-10-35(50)44-38(32)51/h3-6,15-18,22,25-26,32H,7-14,19-21H2,1-2H3,(H,43,45,52)(H,44,50,51). The van der Waals surface area contributed by atoms with Crippen LogP contribution in [0.25, 0.3) is 22.3 Å². The lowest BCUT2D eigenvalue weighted by Crippen LogP contribution is -2.63. The van der Waals surface area contributed by atoms with Gasteiger partial charge in [-0.1, -0.05) is 0 Å². The maximum atomic E-state index is 15.7. The van der Waals surface area contributed by atoms with Crippen molar-refractivity contribution in [3.05, 3.63) is 75.8 Å². The molecule has 290 valence electrons. The molecule has 10 rings (SSSR count). The molecule has 15 heteroatoms. The number of nitrogens with zero attached hydrogens (tertiary/aromatic N) is 5. The van der Waals surface area contributed by atoms with Crippen molar-refractivity contribution in [2.45, 2.75) is 56.7 Å². The second-order valence-corrected chi connectivity index (χ2v) is 15.4. The Morgan fingerprint density at radius 1 is 0.839 bits per heavy atom. The van der Waals surface area contributed by atoms with Gasteiger partial charge in [-0.25, -0.2) is 9.37 Å². The van der Waals surface area contributed by atoms with Crippen molar-refractivity contribution in [2.24, 2.45) is 5.92 Å². The zero-order valence-corrected chi connectivity index (χ0v) is 31.2. The van der Waals surface area contributed by atoms with Gasteiger partial charge < -0.3 is 24.3 Å². The van der Waals surface area contributed by atoms with E-state index in [1.165, 1.54) is 13.2 Å². The van der Waals surface area contributed by atoms with Gasteiger partial charge in [0.25, 0.3) is 17.4 Å². The van der Waals surface area contributed by atoms with E-state index in [0.29, 0.717) is 46.4 Å². The van der Waals surface area contributed by atoms with Crippen molar-refractivity contribution < 1.29 is 33.0 Å². The molecule has 2 bridgehead atoms. The van der Waals surface area contributed by atoms with Gasteiger partial charge >= 0.3 is 0 Å². The zero-order chi connectivity index (χ0) is 38.8. The van der Waals surface area contributed by atoms with E-state index in [2.05, 4.69) is 37.1 Å². The fourth-order valence-electron chi connectivity index (χ4n) is 9.30. The Balaban J connectivity index is 0.823. The topological polar surface area (TPSA) is 157 Å². The summed E-state index contributed by atoms with van der Waals surface area (Å²) in [6, 6.07) is 13.3. The minimum Gasteiger partial charge on any atom is -0.497 e. The van der Waals surface area contributed by atoms with Crippen molar-refractivity contribution in [1.82, 2.24) is 25.1 Å². The van der Waals surface area contributed by atoms with Crippen molar-refractivity contribution in [3.63, 3.8) is 0 Å². The van der Waals surface area contributed by atoms with Crippen LogP contribution in [-0.4, -0.2) is 108 Å². The van der Waals surface area contributed by atoms with Crippen LogP contribution in [0.2, 0.25) is 0 Å². The number of amides is 4. The number of anilines is 2. The van der Waals surface area contributed by atoms with Crippen LogP contribution < -0.4 is 30.1 Å². The first-order valence-electron chi connectivity index (χ1n) is 19.2. The summed E-state index contributed by atoms with van der Waals surface area (Å²) in [5.41, 5.74) is 2.48. The minimum absolute atomic E-state index is 0.0219.